The summed E-state index contributed by atoms with van der Waals surface area (Å²) in [5, 5.41) is 3.30. The number of amides is 3. The molecule has 0 spiro atoms. The largest absolute Gasteiger partial charge is 0.493 e. The van der Waals surface area contributed by atoms with Crippen LogP contribution in [0.1, 0.15) is 5.56 Å². The fraction of sp³-hybridized carbons (Fsp3) is 0.100. The van der Waals surface area contributed by atoms with E-state index in [1.807, 2.05) is 0 Å². The van der Waals surface area contributed by atoms with Gasteiger partial charge < -0.3 is 14.8 Å². The van der Waals surface area contributed by atoms with Gasteiger partial charge in [-0.1, -0.05) is 29.1 Å². The lowest BCUT2D eigenvalue weighted by atomic mass is 10.1. The zero-order chi connectivity index (χ0) is 20.3. The van der Waals surface area contributed by atoms with Crippen molar-refractivity contribution >= 4 is 46.9 Å². The van der Waals surface area contributed by atoms with Gasteiger partial charge in [0.1, 0.15) is 12.3 Å². The van der Waals surface area contributed by atoms with Crippen molar-refractivity contribution in [1.29, 1.82) is 0 Å². The van der Waals surface area contributed by atoms with Gasteiger partial charge in [0.2, 0.25) is 0 Å². The van der Waals surface area contributed by atoms with Crippen LogP contribution < -0.4 is 19.7 Å². The number of terminal acetylenes is 1. The molecule has 8 heteroatoms. The van der Waals surface area contributed by atoms with Gasteiger partial charge in [0.25, 0.3) is 5.91 Å². The third kappa shape index (κ3) is 3.91. The molecule has 142 valence electrons. The number of ether oxygens (including phenoxy) is 2. The molecule has 1 N–H and O–H groups in total. The molecule has 1 aliphatic heterocycles. The van der Waals surface area contributed by atoms with E-state index in [1.54, 1.807) is 36.4 Å². The molecule has 0 saturated carbocycles. The van der Waals surface area contributed by atoms with Crippen LogP contribution in [0, 0.1) is 12.3 Å². The van der Waals surface area contributed by atoms with E-state index in [0.717, 1.165) is 4.90 Å². The molecule has 2 aromatic rings. The van der Waals surface area contributed by atoms with Gasteiger partial charge in [-0.3, -0.25) is 4.79 Å². The summed E-state index contributed by atoms with van der Waals surface area (Å²) < 4.78 is 10.7. The smallest absolute Gasteiger partial charge is 0.333 e. The molecule has 2 aromatic carbocycles. The van der Waals surface area contributed by atoms with E-state index in [2.05, 4.69) is 11.2 Å². The lowest BCUT2D eigenvalue weighted by Gasteiger charge is -2.12. The Labute approximate surface area is 171 Å². The molecular weight excluding hydrogens is 403 g/mol. The van der Waals surface area contributed by atoms with Gasteiger partial charge >= 0.3 is 6.03 Å². The molecule has 0 unspecified atom stereocenters. The SMILES string of the molecule is C#CCOc1c(Cl)cc(/C=C2/NC(=O)N(c3ccc(Cl)cc3)C2=O)cc1OC. The van der Waals surface area contributed by atoms with Gasteiger partial charge in [0.15, 0.2) is 11.5 Å². The van der Waals surface area contributed by atoms with E-state index < -0.39 is 11.9 Å². The minimum Gasteiger partial charge on any atom is -0.493 e. The molecule has 1 fully saturated rings. The summed E-state index contributed by atoms with van der Waals surface area (Å²) in [5.74, 6) is 2.49. The molecular formula is C20H14Cl2N2O4. The lowest BCUT2D eigenvalue weighted by molar-refractivity contribution is -0.113. The number of rotatable bonds is 5. The Morgan fingerprint density at radius 3 is 2.57 bits per heavy atom. The minimum atomic E-state index is -0.564. The summed E-state index contributed by atoms with van der Waals surface area (Å²) in [4.78, 5) is 26.0. The van der Waals surface area contributed by atoms with Crippen LogP contribution in [0.2, 0.25) is 10.0 Å². The maximum absolute atomic E-state index is 12.7. The second kappa shape index (κ2) is 8.26. The number of carbonyl (C=O) groups is 2. The molecule has 0 aliphatic carbocycles. The van der Waals surface area contributed by atoms with Crippen LogP contribution >= 0.6 is 23.2 Å². The number of anilines is 1. The van der Waals surface area contributed by atoms with Gasteiger partial charge in [-0.05, 0) is 48.0 Å². The first-order valence-corrected chi connectivity index (χ1v) is 8.76. The average molecular weight is 417 g/mol. The van der Waals surface area contributed by atoms with Crippen molar-refractivity contribution in [2.75, 3.05) is 18.6 Å². The van der Waals surface area contributed by atoms with Crippen molar-refractivity contribution in [3.05, 3.63) is 57.7 Å². The Morgan fingerprint density at radius 1 is 1.21 bits per heavy atom. The molecule has 3 amide bonds. The maximum atomic E-state index is 12.7. The number of halogens is 2. The van der Waals surface area contributed by atoms with Crippen molar-refractivity contribution < 1.29 is 19.1 Å². The molecule has 0 bridgehead atoms. The normalized spacial score (nSPS) is 14.8. The molecule has 1 aliphatic rings. The summed E-state index contributed by atoms with van der Waals surface area (Å²) in [5.41, 5.74) is 1.04. The van der Waals surface area contributed by atoms with Gasteiger partial charge in [-0.25, -0.2) is 9.69 Å². The number of nitrogens with zero attached hydrogens (tertiary/aromatic N) is 1. The lowest BCUT2D eigenvalue weighted by Crippen LogP contribution is -2.30. The summed E-state index contributed by atoms with van der Waals surface area (Å²) >= 11 is 12.1. The third-order valence-corrected chi connectivity index (χ3v) is 4.36. The Morgan fingerprint density at radius 2 is 1.93 bits per heavy atom. The zero-order valence-electron chi connectivity index (χ0n) is 14.7. The highest BCUT2D eigenvalue weighted by Gasteiger charge is 2.34. The van der Waals surface area contributed by atoms with Crippen molar-refractivity contribution in [1.82, 2.24) is 5.32 Å². The van der Waals surface area contributed by atoms with Gasteiger partial charge in [0, 0.05) is 5.02 Å². The molecule has 1 heterocycles. The first kappa shape index (κ1) is 19.6. The predicted molar refractivity (Wildman–Crippen MR) is 108 cm³/mol. The second-order valence-corrected chi connectivity index (χ2v) is 6.48. The third-order valence-electron chi connectivity index (χ3n) is 3.83. The van der Waals surface area contributed by atoms with Crippen LogP contribution in [0.25, 0.3) is 6.08 Å². The topological polar surface area (TPSA) is 67.9 Å². The first-order chi connectivity index (χ1) is 13.4. The van der Waals surface area contributed by atoms with Crippen molar-refractivity contribution in [3.8, 4) is 23.8 Å². The van der Waals surface area contributed by atoms with Gasteiger partial charge in [0.05, 0.1) is 17.8 Å². The number of hydrogen-bond acceptors (Lipinski definition) is 4. The maximum Gasteiger partial charge on any atom is 0.333 e. The predicted octanol–water partition coefficient (Wildman–Crippen LogP) is 4.11. The number of nitrogens with one attached hydrogen (secondary N) is 1. The van der Waals surface area contributed by atoms with E-state index in [0.29, 0.717) is 27.8 Å². The molecule has 0 aromatic heterocycles. The summed E-state index contributed by atoms with van der Waals surface area (Å²) in [7, 11) is 1.45. The molecule has 0 radical (unpaired) electrons. The monoisotopic (exact) mass is 416 g/mol. The Kier molecular flexibility index (Phi) is 5.78. The Hall–Kier alpha value is -3.14. The Balaban J connectivity index is 1.92. The quantitative estimate of drug-likeness (QED) is 0.452. The van der Waals surface area contributed by atoms with Crippen molar-refractivity contribution in [2.45, 2.75) is 0 Å². The van der Waals surface area contributed by atoms with Crippen LogP contribution in [0.5, 0.6) is 11.5 Å². The van der Waals surface area contributed by atoms with Crippen LogP contribution in [0.4, 0.5) is 10.5 Å². The fourth-order valence-electron chi connectivity index (χ4n) is 2.60. The standard InChI is InChI=1S/C20H14Cl2N2O4/c1-3-8-28-18-15(22)9-12(11-17(18)27-2)10-16-19(25)24(20(26)23-16)14-6-4-13(21)5-7-14/h1,4-7,9-11H,8H2,2H3,(H,23,26)/b16-10+. The number of hydrogen-bond donors (Lipinski definition) is 1. The van der Waals surface area contributed by atoms with E-state index in [9.17, 15) is 9.59 Å². The molecule has 28 heavy (non-hydrogen) atoms. The fourth-order valence-corrected chi connectivity index (χ4v) is 3.00. The second-order valence-electron chi connectivity index (χ2n) is 5.63. The highest BCUT2D eigenvalue weighted by molar-refractivity contribution is 6.33. The van der Waals surface area contributed by atoms with Crippen LogP contribution in [-0.2, 0) is 4.79 Å². The van der Waals surface area contributed by atoms with E-state index in [1.165, 1.54) is 13.2 Å². The van der Waals surface area contributed by atoms with E-state index in [4.69, 9.17) is 39.1 Å². The molecule has 6 nitrogen and oxygen atoms in total. The summed E-state index contributed by atoms with van der Waals surface area (Å²) in [6.07, 6.45) is 6.69. The first-order valence-electron chi connectivity index (χ1n) is 8.01. The number of carbonyl (C=O) groups excluding carboxylic acids is 2. The highest BCUT2D eigenvalue weighted by atomic mass is 35.5. The number of benzene rings is 2. The number of methoxy groups -OCH3 is 1. The van der Waals surface area contributed by atoms with Gasteiger partial charge in [-0.15, -0.1) is 6.42 Å². The highest BCUT2D eigenvalue weighted by Crippen LogP contribution is 2.37. The van der Waals surface area contributed by atoms with Gasteiger partial charge in [-0.2, -0.15) is 0 Å². The van der Waals surface area contributed by atoms with Crippen molar-refractivity contribution in [2.24, 2.45) is 0 Å². The summed E-state index contributed by atoms with van der Waals surface area (Å²) in [6.45, 7) is 0.0289. The zero-order valence-corrected chi connectivity index (χ0v) is 16.2. The van der Waals surface area contributed by atoms with E-state index in [-0.39, 0.29) is 17.3 Å². The number of urea groups is 1. The molecule has 3 rings (SSSR count). The summed E-state index contributed by atoms with van der Waals surface area (Å²) in [6, 6.07) is 8.99. The van der Waals surface area contributed by atoms with Crippen LogP contribution in [0.15, 0.2) is 42.1 Å². The molecule has 1 saturated heterocycles. The van der Waals surface area contributed by atoms with Crippen molar-refractivity contribution in [3.63, 3.8) is 0 Å². The Bertz CT molecular complexity index is 1010. The van der Waals surface area contributed by atoms with E-state index >= 15 is 0 Å². The molecule has 0 atom stereocenters. The average Bonchev–Trinajstić information content (AvgIpc) is 2.94. The minimum absolute atomic E-state index is 0.0289. The van der Waals surface area contributed by atoms with Crippen LogP contribution in [0.3, 0.4) is 0 Å². The number of imide groups is 1. The van der Waals surface area contributed by atoms with Crippen LogP contribution in [-0.4, -0.2) is 25.7 Å².